The lowest BCUT2D eigenvalue weighted by atomic mass is 10.1. The standard InChI is InChI=1S/C14H23ClN2O2/c1-10(2)17-8-12(15)7-13(17)14(19)16-6-4-5-11(3)9-18/h7-8,10-11,18H,4-6,9H2,1-3H3,(H,16,19). The van der Waals surface area contributed by atoms with Crippen LogP contribution in [-0.4, -0.2) is 28.7 Å². The van der Waals surface area contributed by atoms with Crippen molar-refractivity contribution < 1.29 is 9.90 Å². The molecule has 108 valence electrons. The van der Waals surface area contributed by atoms with Gasteiger partial charge < -0.3 is 15.0 Å². The Bertz CT molecular complexity index is 416. The highest BCUT2D eigenvalue weighted by molar-refractivity contribution is 6.31. The first kappa shape index (κ1) is 16.1. The first-order chi connectivity index (χ1) is 8.95. The minimum Gasteiger partial charge on any atom is -0.396 e. The molecular formula is C14H23ClN2O2. The summed E-state index contributed by atoms with van der Waals surface area (Å²) < 4.78 is 1.87. The van der Waals surface area contributed by atoms with Gasteiger partial charge in [-0.05, 0) is 38.7 Å². The van der Waals surface area contributed by atoms with Crippen molar-refractivity contribution >= 4 is 17.5 Å². The molecule has 1 rings (SSSR count). The molecule has 0 bridgehead atoms. The molecule has 0 spiro atoms. The molecule has 0 aliphatic rings. The Morgan fingerprint density at radius 2 is 2.16 bits per heavy atom. The molecular weight excluding hydrogens is 264 g/mol. The van der Waals surface area contributed by atoms with Crippen LogP contribution >= 0.6 is 11.6 Å². The normalized spacial score (nSPS) is 12.7. The third kappa shape index (κ3) is 4.88. The van der Waals surface area contributed by atoms with Gasteiger partial charge in [-0.3, -0.25) is 4.79 Å². The fraction of sp³-hybridized carbons (Fsp3) is 0.643. The number of carbonyl (C=O) groups is 1. The number of aliphatic hydroxyl groups excluding tert-OH is 1. The maximum atomic E-state index is 12.1. The third-order valence-electron chi connectivity index (χ3n) is 3.08. The van der Waals surface area contributed by atoms with E-state index >= 15 is 0 Å². The second kappa shape index (κ2) is 7.56. The summed E-state index contributed by atoms with van der Waals surface area (Å²) >= 11 is 5.95. The fourth-order valence-corrected chi connectivity index (χ4v) is 2.10. The van der Waals surface area contributed by atoms with Gasteiger partial charge in [0.05, 0.1) is 5.02 Å². The van der Waals surface area contributed by atoms with Crippen molar-refractivity contribution in [2.24, 2.45) is 5.92 Å². The van der Waals surface area contributed by atoms with Gasteiger partial charge in [-0.15, -0.1) is 0 Å². The summed E-state index contributed by atoms with van der Waals surface area (Å²) in [6, 6.07) is 1.88. The number of hydrogen-bond donors (Lipinski definition) is 2. The van der Waals surface area contributed by atoms with E-state index in [4.69, 9.17) is 16.7 Å². The number of rotatable bonds is 7. The summed E-state index contributed by atoms with van der Waals surface area (Å²) in [5.41, 5.74) is 0.593. The smallest absolute Gasteiger partial charge is 0.267 e. The molecule has 1 amide bonds. The molecule has 0 radical (unpaired) electrons. The summed E-state index contributed by atoms with van der Waals surface area (Å²) in [7, 11) is 0. The average Bonchev–Trinajstić information content (AvgIpc) is 2.76. The summed E-state index contributed by atoms with van der Waals surface area (Å²) in [5, 5.41) is 12.4. The van der Waals surface area contributed by atoms with Crippen LogP contribution in [0.5, 0.6) is 0 Å². The lowest BCUT2D eigenvalue weighted by Crippen LogP contribution is -2.27. The zero-order valence-corrected chi connectivity index (χ0v) is 12.6. The maximum absolute atomic E-state index is 12.1. The van der Waals surface area contributed by atoms with Crippen molar-refractivity contribution in [3.63, 3.8) is 0 Å². The van der Waals surface area contributed by atoms with Crippen molar-refractivity contribution in [2.75, 3.05) is 13.2 Å². The van der Waals surface area contributed by atoms with E-state index in [0.29, 0.717) is 17.3 Å². The Kier molecular flexibility index (Phi) is 6.38. The SMILES string of the molecule is CC(CO)CCCNC(=O)c1cc(Cl)cn1C(C)C. The van der Waals surface area contributed by atoms with Crippen LogP contribution in [0, 0.1) is 5.92 Å². The lowest BCUT2D eigenvalue weighted by Gasteiger charge is -2.13. The van der Waals surface area contributed by atoms with Crippen LogP contribution < -0.4 is 5.32 Å². The molecule has 1 unspecified atom stereocenters. The number of halogens is 1. The predicted molar refractivity (Wildman–Crippen MR) is 77.6 cm³/mol. The van der Waals surface area contributed by atoms with Gasteiger partial charge in [-0.1, -0.05) is 18.5 Å². The quantitative estimate of drug-likeness (QED) is 0.757. The molecule has 0 saturated carbocycles. The second-order valence-electron chi connectivity index (χ2n) is 5.23. The van der Waals surface area contributed by atoms with Crippen molar-refractivity contribution in [3.05, 3.63) is 23.0 Å². The second-order valence-corrected chi connectivity index (χ2v) is 5.67. The molecule has 0 saturated heterocycles. The molecule has 1 heterocycles. The van der Waals surface area contributed by atoms with Crippen LogP contribution in [-0.2, 0) is 0 Å². The van der Waals surface area contributed by atoms with Gasteiger partial charge in [0.1, 0.15) is 5.69 Å². The van der Waals surface area contributed by atoms with E-state index in [9.17, 15) is 4.79 Å². The Morgan fingerprint density at radius 3 is 2.74 bits per heavy atom. The molecule has 0 aliphatic heterocycles. The van der Waals surface area contributed by atoms with Crippen LogP contribution in [0.25, 0.3) is 0 Å². The number of nitrogens with one attached hydrogen (secondary N) is 1. The van der Waals surface area contributed by atoms with E-state index in [1.165, 1.54) is 0 Å². The molecule has 1 aromatic heterocycles. The number of aromatic nitrogens is 1. The molecule has 4 nitrogen and oxygen atoms in total. The molecule has 0 fully saturated rings. The zero-order chi connectivity index (χ0) is 14.4. The van der Waals surface area contributed by atoms with Crippen molar-refractivity contribution in [1.82, 2.24) is 9.88 Å². The first-order valence-corrected chi connectivity index (χ1v) is 7.10. The van der Waals surface area contributed by atoms with E-state index in [1.807, 2.05) is 25.3 Å². The number of hydrogen-bond acceptors (Lipinski definition) is 2. The fourth-order valence-electron chi connectivity index (χ4n) is 1.89. The van der Waals surface area contributed by atoms with Crippen molar-refractivity contribution in [2.45, 2.75) is 39.7 Å². The topological polar surface area (TPSA) is 54.3 Å². The van der Waals surface area contributed by atoms with Crippen molar-refractivity contribution in [3.8, 4) is 0 Å². The summed E-state index contributed by atoms with van der Waals surface area (Å²) in [6.07, 6.45) is 3.54. The highest BCUT2D eigenvalue weighted by atomic mass is 35.5. The monoisotopic (exact) mass is 286 g/mol. The van der Waals surface area contributed by atoms with Crippen LogP contribution in [0.15, 0.2) is 12.3 Å². The third-order valence-corrected chi connectivity index (χ3v) is 3.28. The van der Waals surface area contributed by atoms with E-state index in [-0.39, 0.29) is 24.5 Å². The van der Waals surface area contributed by atoms with E-state index in [1.54, 1.807) is 12.3 Å². The number of carbonyl (C=O) groups excluding carboxylic acids is 1. The Balaban J connectivity index is 2.50. The Hall–Kier alpha value is -1.00. The predicted octanol–water partition coefficient (Wildman–Crippen LogP) is 2.86. The highest BCUT2D eigenvalue weighted by Crippen LogP contribution is 2.18. The Morgan fingerprint density at radius 1 is 1.47 bits per heavy atom. The zero-order valence-electron chi connectivity index (χ0n) is 11.8. The van der Waals surface area contributed by atoms with Gasteiger partial charge in [0.15, 0.2) is 0 Å². The molecule has 2 N–H and O–H groups in total. The molecule has 5 heteroatoms. The van der Waals surface area contributed by atoms with Crippen LogP contribution in [0.1, 0.15) is 50.1 Å². The molecule has 0 aliphatic carbocycles. The van der Waals surface area contributed by atoms with E-state index in [0.717, 1.165) is 12.8 Å². The van der Waals surface area contributed by atoms with Crippen LogP contribution in [0.4, 0.5) is 0 Å². The molecule has 19 heavy (non-hydrogen) atoms. The summed E-state index contributed by atoms with van der Waals surface area (Å²) in [6.45, 7) is 6.82. The molecule has 1 aromatic rings. The van der Waals surface area contributed by atoms with Crippen LogP contribution in [0.3, 0.4) is 0 Å². The van der Waals surface area contributed by atoms with Gasteiger partial charge in [0.2, 0.25) is 0 Å². The minimum atomic E-state index is -0.0998. The highest BCUT2D eigenvalue weighted by Gasteiger charge is 2.14. The minimum absolute atomic E-state index is 0.0998. The maximum Gasteiger partial charge on any atom is 0.267 e. The lowest BCUT2D eigenvalue weighted by molar-refractivity contribution is 0.0941. The van der Waals surface area contributed by atoms with E-state index < -0.39 is 0 Å². The summed E-state index contributed by atoms with van der Waals surface area (Å²) in [4.78, 5) is 12.1. The number of aliphatic hydroxyl groups is 1. The van der Waals surface area contributed by atoms with Gasteiger partial charge in [0, 0.05) is 25.4 Å². The van der Waals surface area contributed by atoms with Crippen molar-refractivity contribution in [1.29, 1.82) is 0 Å². The molecule has 0 aromatic carbocycles. The molecule has 1 atom stereocenters. The Labute approximate surface area is 119 Å². The number of nitrogens with zero attached hydrogens (tertiary/aromatic N) is 1. The average molecular weight is 287 g/mol. The van der Waals surface area contributed by atoms with Crippen LogP contribution in [0.2, 0.25) is 5.02 Å². The van der Waals surface area contributed by atoms with Gasteiger partial charge >= 0.3 is 0 Å². The van der Waals surface area contributed by atoms with E-state index in [2.05, 4.69) is 5.32 Å². The van der Waals surface area contributed by atoms with Gasteiger partial charge in [-0.25, -0.2) is 0 Å². The van der Waals surface area contributed by atoms with Gasteiger partial charge in [0.25, 0.3) is 5.91 Å². The largest absolute Gasteiger partial charge is 0.396 e. The first-order valence-electron chi connectivity index (χ1n) is 6.72. The summed E-state index contributed by atoms with van der Waals surface area (Å²) in [5.74, 6) is 0.183. The van der Waals surface area contributed by atoms with Gasteiger partial charge in [-0.2, -0.15) is 0 Å². The number of amides is 1.